The average molecular weight is 377 g/mol. The predicted molar refractivity (Wildman–Crippen MR) is 110 cm³/mol. The number of amides is 1. The number of fused-ring (bicyclic) bond motifs is 3. The van der Waals surface area contributed by atoms with Crippen LogP contribution >= 0.6 is 0 Å². The van der Waals surface area contributed by atoms with Crippen molar-refractivity contribution in [3.8, 4) is 5.75 Å². The van der Waals surface area contributed by atoms with Crippen molar-refractivity contribution >= 4 is 5.91 Å². The minimum atomic E-state index is 0.0202. The van der Waals surface area contributed by atoms with E-state index in [4.69, 9.17) is 4.74 Å². The number of hydrogen-bond donors (Lipinski definition) is 1. The molecule has 4 heteroatoms. The molecule has 5 rings (SSSR count). The highest BCUT2D eigenvalue weighted by molar-refractivity contribution is 5.97. The van der Waals surface area contributed by atoms with E-state index in [9.17, 15) is 4.79 Å². The first kappa shape index (κ1) is 17.7. The Balaban J connectivity index is 1.25. The van der Waals surface area contributed by atoms with Crippen LogP contribution in [0.15, 0.2) is 48.5 Å². The first-order valence-corrected chi connectivity index (χ1v) is 10.6. The molecule has 2 aromatic carbocycles. The molecule has 2 saturated heterocycles. The summed E-state index contributed by atoms with van der Waals surface area (Å²) in [7, 11) is 0. The predicted octanol–water partition coefficient (Wildman–Crippen LogP) is 3.94. The molecule has 3 aliphatic heterocycles. The summed E-state index contributed by atoms with van der Waals surface area (Å²) in [5, 5.41) is 3.32. The third-order valence-corrected chi connectivity index (χ3v) is 6.60. The van der Waals surface area contributed by atoms with Gasteiger partial charge in [0.1, 0.15) is 11.9 Å². The fourth-order valence-corrected chi connectivity index (χ4v) is 5.32. The second-order valence-electron chi connectivity index (χ2n) is 8.61. The van der Waals surface area contributed by atoms with Crippen molar-refractivity contribution in [1.29, 1.82) is 0 Å². The molecular formula is C24H28N2O2. The van der Waals surface area contributed by atoms with Crippen molar-refractivity contribution in [1.82, 2.24) is 10.2 Å². The van der Waals surface area contributed by atoms with Gasteiger partial charge in [-0.2, -0.15) is 0 Å². The van der Waals surface area contributed by atoms with Gasteiger partial charge in [0, 0.05) is 31.1 Å². The molecule has 0 spiro atoms. The van der Waals surface area contributed by atoms with Gasteiger partial charge in [0.15, 0.2) is 0 Å². The summed E-state index contributed by atoms with van der Waals surface area (Å²) in [6.45, 7) is 3.08. The molecule has 2 aromatic rings. The average Bonchev–Trinajstić information content (AvgIpc) is 3.17. The zero-order valence-electron chi connectivity index (χ0n) is 16.4. The van der Waals surface area contributed by atoms with Crippen LogP contribution in [-0.2, 0) is 13.0 Å². The van der Waals surface area contributed by atoms with E-state index in [0.29, 0.717) is 17.6 Å². The quantitative estimate of drug-likeness (QED) is 0.879. The zero-order chi connectivity index (χ0) is 19.1. The maximum absolute atomic E-state index is 13.0. The molecule has 4 nitrogen and oxygen atoms in total. The van der Waals surface area contributed by atoms with Crippen LogP contribution < -0.4 is 10.1 Å². The SMILES string of the molecule is CC1Cc2cccc(C(=O)NC3CC4CCC(C3)N4Cc3ccccc3)c2O1. The largest absolute Gasteiger partial charge is 0.489 e. The summed E-state index contributed by atoms with van der Waals surface area (Å²) >= 11 is 0. The number of carbonyl (C=O) groups is 1. The van der Waals surface area contributed by atoms with Crippen LogP contribution in [0.5, 0.6) is 5.75 Å². The van der Waals surface area contributed by atoms with E-state index in [1.165, 1.54) is 18.4 Å². The van der Waals surface area contributed by atoms with E-state index in [0.717, 1.165) is 37.1 Å². The Morgan fingerprint density at radius 2 is 1.82 bits per heavy atom. The number of ether oxygens (including phenoxy) is 1. The fourth-order valence-electron chi connectivity index (χ4n) is 5.32. The topological polar surface area (TPSA) is 41.6 Å². The lowest BCUT2D eigenvalue weighted by atomic mass is 9.96. The highest BCUT2D eigenvalue weighted by atomic mass is 16.5. The van der Waals surface area contributed by atoms with E-state index in [-0.39, 0.29) is 18.1 Å². The third-order valence-electron chi connectivity index (χ3n) is 6.60. The van der Waals surface area contributed by atoms with Gasteiger partial charge in [0.25, 0.3) is 5.91 Å². The molecule has 1 amide bonds. The Kier molecular flexibility index (Phi) is 4.59. The van der Waals surface area contributed by atoms with E-state index in [1.807, 2.05) is 12.1 Å². The molecular weight excluding hydrogens is 348 g/mol. The van der Waals surface area contributed by atoms with Gasteiger partial charge in [-0.25, -0.2) is 0 Å². The third kappa shape index (κ3) is 3.30. The van der Waals surface area contributed by atoms with Crippen molar-refractivity contribution in [2.45, 2.75) is 69.8 Å². The molecule has 0 radical (unpaired) electrons. The summed E-state index contributed by atoms with van der Waals surface area (Å²) in [6, 6.07) is 18.1. The molecule has 1 N–H and O–H groups in total. The normalized spacial score (nSPS) is 28.6. The van der Waals surface area contributed by atoms with Crippen molar-refractivity contribution in [3.05, 3.63) is 65.2 Å². The van der Waals surface area contributed by atoms with Gasteiger partial charge in [-0.15, -0.1) is 0 Å². The molecule has 2 fully saturated rings. The smallest absolute Gasteiger partial charge is 0.255 e. The fraction of sp³-hybridized carbons (Fsp3) is 0.458. The van der Waals surface area contributed by atoms with Crippen LogP contribution in [0, 0.1) is 0 Å². The van der Waals surface area contributed by atoms with E-state index in [1.54, 1.807) is 0 Å². The number of piperidine rings is 1. The van der Waals surface area contributed by atoms with Crippen LogP contribution in [0.25, 0.3) is 0 Å². The lowest BCUT2D eigenvalue weighted by Crippen LogP contribution is -2.50. The molecule has 3 heterocycles. The molecule has 0 aromatic heterocycles. The molecule has 3 unspecified atom stereocenters. The molecule has 28 heavy (non-hydrogen) atoms. The number of carbonyl (C=O) groups excluding carboxylic acids is 1. The Morgan fingerprint density at radius 3 is 2.57 bits per heavy atom. The van der Waals surface area contributed by atoms with Crippen LogP contribution in [0.2, 0.25) is 0 Å². The van der Waals surface area contributed by atoms with Crippen LogP contribution in [0.1, 0.15) is 54.1 Å². The van der Waals surface area contributed by atoms with Crippen LogP contribution in [-0.4, -0.2) is 35.0 Å². The Labute approximate surface area is 166 Å². The van der Waals surface area contributed by atoms with Gasteiger partial charge < -0.3 is 10.1 Å². The molecule has 2 bridgehead atoms. The number of nitrogens with one attached hydrogen (secondary N) is 1. The Bertz CT molecular complexity index is 852. The number of rotatable bonds is 4. The van der Waals surface area contributed by atoms with Gasteiger partial charge in [0.05, 0.1) is 5.56 Å². The van der Waals surface area contributed by atoms with Crippen LogP contribution in [0.4, 0.5) is 0 Å². The summed E-state index contributed by atoms with van der Waals surface area (Å²) in [5.74, 6) is 0.809. The minimum absolute atomic E-state index is 0.0202. The van der Waals surface area contributed by atoms with E-state index in [2.05, 4.69) is 53.5 Å². The second-order valence-corrected chi connectivity index (χ2v) is 8.61. The first-order chi connectivity index (χ1) is 13.7. The number of para-hydroxylation sites is 1. The summed E-state index contributed by atoms with van der Waals surface area (Å²) in [4.78, 5) is 15.6. The van der Waals surface area contributed by atoms with Crippen molar-refractivity contribution in [2.24, 2.45) is 0 Å². The number of hydrogen-bond acceptors (Lipinski definition) is 3. The van der Waals surface area contributed by atoms with Gasteiger partial charge >= 0.3 is 0 Å². The van der Waals surface area contributed by atoms with Crippen molar-refractivity contribution in [2.75, 3.05) is 0 Å². The van der Waals surface area contributed by atoms with Crippen molar-refractivity contribution in [3.63, 3.8) is 0 Å². The van der Waals surface area contributed by atoms with Gasteiger partial charge in [-0.1, -0.05) is 42.5 Å². The summed E-state index contributed by atoms with van der Waals surface area (Å²) in [6.07, 6.45) is 5.61. The van der Waals surface area contributed by atoms with E-state index < -0.39 is 0 Å². The lowest BCUT2D eigenvalue weighted by molar-refractivity contribution is 0.0824. The van der Waals surface area contributed by atoms with Gasteiger partial charge in [-0.3, -0.25) is 9.69 Å². The summed E-state index contributed by atoms with van der Waals surface area (Å²) in [5.41, 5.74) is 3.23. The highest BCUT2D eigenvalue weighted by Crippen LogP contribution is 2.37. The Morgan fingerprint density at radius 1 is 1.07 bits per heavy atom. The first-order valence-electron chi connectivity index (χ1n) is 10.6. The maximum atomic E-state index is 13.0. The second kappa shape index (κ2) is 7.25. The molecule has 0 saturated carbocycles. The van der Waals surface area contributed by atoms with Gasteiger partial charge in [0.2, 0.25) is 0 Å². The number of nitrogens with zero attached hydrogens (tertiary/aromatic N) is 1. The standard InChI is InChI=1S/C24H28N2O2/c1-16-12-18-8-5-9-22(23(18)28-16)24(27)25-19-13-20-10-11-21(14-19)26(20)15-17-6-3-2-4-7-17/h2-9,16,19-21H,10-15H2,1H3,(H,25,27). The summed E-state index contributed by atoms with van der Waals surface area (Å²) < 4.78 is 5.92. The monoisotopic (exact) mass is 376 g/mol. The van der Waals surface area contributed by atoms with E-state index >= 15 is 0 Å². The van der Waals surface area contributed by atoms with Crippen LogP contribution in [0.3, 0.4) is 0 Å². The molecule has 3 atom stereocenters. The minimum Gasteiger partial charge on any atom is -0.489 e. The molecule has 0 aliphatic carbocycles. The molecule has 3 aliphatic rings. The number of benzene rings is 2. The van der Waals surface area contributed by atoms with Gasteiger partial charge in [-0.05, 0) is 49.8 Å². The zero-order valence-corrected chi connectivity index (χ0v) is 16.4. The maximum Gasteiger partial charge on any atom is 0.255 e. The lowest BCUT2D eigenvalue weighted by Gasteiger charge is -2.39. The van der Waals surface area contributed by atoms with Crippen molar-refractivity contribution < 1.29 is 9.53 Å². The highest BCUT2D eigenvalue weighted by Gasteiger charge is 2.41. The molecule has 146 valence electrons. The Hall–Kier alpha value is -2.33.